The molecule has 4 N–H and O–H groups in total. The van der Waals surface area contributed by atoms with Crippen LogP contribution in [0.4, 0.5) is 0 Å². The van der Waals surface area contributed by atoms with Crippen LogP contribution < -0.4 is 15.5 Å². The maximum Gasteiger partial charge on any atom is 0.488 e. The van der Waals surface area contributed by atoms with Crippen LogP contribution in [0.25, 0.3) is 16.6 Å². The van der Waals surface area contributed by atoms with Gasteiger partial charge in [0.25, 0.3) is 0 Å². The minimum Gasteiger partial charge on any atom is -0.497 e. The van der Waals surface area contributed by atoms with Crippen LogP contribution in [-0.2, 0) is 23.4 Å². The standard InChI is InChI=1S/C35H34BN5O4S/c1-23-30(29-10-6-7-11-31(29)37-23)21-33(42)38-32(20-24-8-4-3-5-9-24)34-39-40-35(41(34)27-16-18-28(45-2)19-17-27)46-22-25-12-14-26(15-13-25)36(43)44/h3-19,32,37,43-44H,20-22H2,1-2H3,(H,38,42)/t32-/m0/s1. The van der Waals surface area contributed by atoms with Crippen molar-refractivity contribution in [1.82, 2.24) is 25.1 Å². The van der Waals surface area contributed by atoms with E-state index in [1.165, 1.54) is 11.8 Å². The third kappa shape index (κ3) is 7.02. The summed E-state index contributed by atoms with van der Waals surface area (Å²) in [4.78, 5) is 17.2. The number of carbonyl (C=O) groups is 1. The minimum atomic E-state index is -1.51. The summed E-state index contributed by atoms with van der Waals surface area (Å²) >= 11 is 1.51. The summed E-state index contributed by atoms with van der Waals surface area (Å²) in [6.07, 6.45) is 0.737. The van der Waals surface area contributed by atoms with Crippen LogP contribution in [-0.4, -0.2) is 49.9 Å². The number of benzene rings is 4. The van der Waals surface area contributed by atoms with Gasteiger partial charge < -0.3 is 25.1 Å². The Morgan fingerprint density at radius 3 is 2.37 bits per heavy atom. The third-order valence-electron chi connectivity index (χ3n) is 7.93. The number of rotatable bonds is 12. The first-order chi connectivity index (χ1) is 22.4. The molecule has 0 saturated heterocycles. The molecule has 9 nitrogen and oxygen atoms in total. The number of aromatic amines is 1. The van der Waals surface area contributed by atoms with Crippen LogP contribution in [0.3, 0.4) is 0 Å². The number of H-pyrrole nitrogens is 1. The maximum atomic E-state index is 13.8. The van der Waals surface area contributed by atoms with E-state index in [9.17, 15) is 14.8 Å². The van der Waals surface area contributed by atoms with Crippen molar-refractivity contribution in [2.75, 3.05) is 7.11 Å². The molecule has 46 heavy (non-hydrogen) atoms. The van der Waals surface area contributed by atoms with E-state index in [-0.39, 0.29) is 12.3 Å². The molecule has 11 heteroatoms. The van der Waals surface area contributed by atoms with Crippen molar-refractivity contribution in [3.63, 3.8) is 0 Å². The summed E-state index contributed by atoms with van der Waals surface area (Å²) < 4.78 is 7.39. The Hall–Kier alpha value is -4.84. The predicted molar refractivity (Wildman–Crippen MR) is 182 cm³/mol. The quantitative estimate of drug-likeness (QED) is 0.114. The molecule has 0 radical (unpaired) electrons. The molecule has 1 amide bonds. The number of carbonyl (C=O) groups excluding carboxylic acids is 1. The highest BCUT2D eigenvalue weighted by molar-refractivity contribution is 7.98. The lowest BCUT2D eigenvalue weighted by atomic mass is 9.80. The van der Waals surface area contributed by atoms with Crippen molar-refractivity contribution in [1.29, 1.82) is 0 Å². The van der Waals surface area contributed by atoms with Gasteiger partial charge in [0, 0.05) is 28.0 Å². The molecule has 0 fully saturated rings. The van der Waals surface area contributed by atoms with Gasteiger partial charge in [0.2, 0.25) is 5.91 Å². The van der Waals surface area contributed by atoms with E-state index >= 15 is 0 Å². The zero-order chi connectivity index (χ0) is 32.0. The Balaban J connectivity index is 1.34. The first-order valence-electron chi connectivity index (χ1n) is 15.0. The number of aromatic nitrogens is 4. The van der Waals surface area contributed by atoms with E-state index in [1.54, 1.807) is 19.2 Å². The molecule has 0 aliphatic rings. The molecule has 232 valence electrons. The average molecular weight is 632 g/mol. The number of amides is 1. The van der Waals surface area contributed by atoms with Gasteiger partial charge >= 0.3 is 7.12 Å². The molecule has 6 aromatic rings. The largest absolute Gasteiger partial charge is 0.497 e. The lowest BCUT2D eigenvalue weighted by Gasteiger charge is -2.20. The number of nitrogens with one attached hydrogen (secondary N) is 2. The van der Waals surface area contributed by atoms with Gasteiger partial charge in [-0.05, 0) is 65.8 Å². The lowest BCUT2D eigenvalue weighted by Crippen LogP contribution is -2.33. The molecule has 0 aliphatic carbocycles. The second kappa shape index (κ2) is 14.1. The van der Waals surface area contributed by atoms with Gasteiger partial charge in [-0.2, -0.15) is 0 Å². The van der Waals surface area contributed by atoms with E-state index in [2.05, 4.69) is 20.5 Å². The molecule has 4 aromatic carbocycles. The van der Waals surface area contributed by atoms with Gasteiger partial charge in [0.05, 0.1) is 19.6 Å². The molecule has 0 unspecified atom stereocenters. The molecule has 1 atom stereocenters. The maximum absolute atomic E-state index is 13.8. The minimum absolute atomic E-state index is 0.113. The fourth-order valence-electron chi connectivity index (χ4n) is 5.53. The number of nitrogens with zero attached hydrogens (tertiary/aromatic N) is 3. The Labute approximate surface area is 271 Å². The summed E-state index contributed by atoms with van der Waals surface area (Å²) in [5, 5.41) is 33.2. The first-order valence-corrected chi connectivity index (χ1v) is 15.9. The number of ether oxygens (including phenoxy) is 1. The summed E-state index contributed by atoms with van der Waals surface area (Å²) in [6, 6.07) is 32.3. The number of aryl methyl sites for hydroxylation is 1. The summed E-state index contributed by atoms with van der Waals surface area (Å²) in [5.41, 5.74) is 6.26. The van der Waals surface area contributed by atoms with Gasteiger partial charge in [0.15, 0.2) is 11.0 Å². The summed E-state index contributed by atoms with van der Waals surface area (Å²) in [5.74, 6) is 1.80. The van der Waals surface area contributed by atoms with E-state index in [0.717, 1.165) is 44.7 Å². The van der Waals surface area contributed by atoms with Crippen molar-refractivity contribution in [3.8, 4) is 11.4 Å². The molecule has 6 rings (SSSR count). The molecule has 0 aliphatic heterocycles. The number of hydrogen-bond donors (Lipinski definition) is 4. The second-order valence-corrected chi connectivity index (χ2v) is 12.0. The van der Waals surface area contributed by atoms with Gasteiger partial charge in [-0.25, -0.2) is 0 Å². The SMILES string of the molecule is COc1ccc(-n2c(SCc3ccc(B(O)O)cc3)nnc2[C@H](Cc2ccccc2)NC(=O)Cc2c(C)[nH]c3ccccc23)cc1. The van der Waals surface area contributed by atoms with Gasteiger partial charge in [-0.1, -0.05) is 84.6 Å². The van der Waals surface area contributed by atoms with Gasteiger partial charge in [-0.15, -0.1) is 10.2 Å². The molecule has 0 bridgehead atoms. The van der Waals surface area contributed by atoms with Crippen LogP contribution in [0.1, 0.15) is 34.3 Å². The molecule has 2 heterocycles. The van der Waals surface area contributed by atoms with Crippen molar-refractivity contribution in [2.45, 2.75) is 36.7 Å². The smallest absolute Gasteiger partial charge is 0.488 e. The Morgan fingerprint density at radius 2 is 1.65 bits per heavy atom. The third-order valence-corrected chi connectivity index (χ3v) is 8.93. The van der Waals surface area contributed by atoms with Gasteiger partial charge in [0.1, 0.15) is 5.75 Å². The molecule has 0 saturated carbocycles. The molecular formula is C35H34BN5O4S. The number of fused-ring (bicyclic) bond motifs is 1. The highest BCUT2D eigenvalue weighted by Crippen LogP contribution is 2.30. The van der Waals surface area contributed by atoms with Crippen molar-refractivity contribution >= 4 is 41.2 Å². The van der Waals surface area contributed by atoms with E-state index in [1.807, 2.05) is 102 Å². The number of methoxy groups -OCH3 is 1. The fourth-order valence-corrected chi connectivity index (χ4v) is 6.45. The molecular weight excluding hydrogens is 597 g/mol. The molecule has 0 spiro atoms. The predicted octanol–water partition coefficient (Wildman–Crippen LogP) is 4.68. The van der Waals surface area contributed by atoms with Crippen LogP contribution in [0.15, 0.2) is 108 Å². The Kier molecular flexibility index (Phi) is 9.53. The number of para-hydroxylation sites is 1. The van der Waals surface area contributed by atoms with Crippen LogP contribution in [0.5, 0.6) is 5.75 Å². The highest BCUT2D eigenvalue weighted by atomic mass is 32.2. The zero-order valence-electron chi connectivity index (χ0n) is 25.6. The lowest BCUT2D eigenvalue weighted by molar-refractivity contribution is -0.121. The Morgan fingerprint density at radius 1 is 0.935 bits per heavy atom. The molecule has 2 aromatic heterocycles. The normalized spacial score (nSPS) is 11.8. The Bertz CT molecular complexity index is 1930. The van der Waals surface area contributed by atoms with Crippen LogP contribution in [0, 0.1) is 6.92 Å². The number of hydrogen-bond acceptors (Lipinski definition) is 7. The van der Waals surface area contributed by atoms with Crippen LogP contribution >= 0.6 is 11.8 Å². The topological polar surface area (TPSA) is 125 Å². The summed E-state index contributed by atoms with van der Waals surface area (Å²) in [7, 11) is 0.113. The second-order valence-electron chi connectivity index (χ2n) is 11.0. The van der Waals surface area contributed by atoms with E-state index in [4.69, 9.17) is 4.74 Å². The van der Waals surface area contributed by atoms with Crippen molar-refractivity contribution in [3.05, 3.63) is 131 Å². The highest BCUT2D eigenvalue weighted by Gasteiger charge is 2.26. The number of thioether (sulfide) groups is 1. The average Bonchev–Trinajstić information content (AvgIpc) is 3.64. The van der Waals surface area contributed by atoms with Gasteiger partial charge in [-0.3, -0.25) is 9.36 Å². The summed E-state index contributed by atoms with van der Waals surface area (Å²) in [6.45, 7) is 1.99. The fraction of sp³-hybridized carbons (Fsp3) is 0.171. The monoisotopic (exact) mass is 631 g/mol. The van der Waals surface area contributed by atoms with Crippen molar-refractivity contribution < 1.29 is 19.6 Å². The van der Waals surface area contributed by atoms with Crippen molar-refractivity contribution in [2.24, 2.45) is 0 Å². The van der Waals surface area contributed by atoms with E-state index < -0.39 is 13.2 Å². The van der Waals surface area contributed by atoms with E-state index in [0.29, 0.717) is 28.6 Å². The van der Waals surface area contributed by atoms with Crippen LogP contribution in [0.2, 0.25) is 0 Å². The first kappa shape index (κ1) is 31.2. The zero-order valence-corrected chi connectivity index (χ0v) is 26.4.